The second kappa shape index (κ2) is 37.2. The first-order chi connectivity index (χ1) is 23.8. The van der Waals surface area contributed by atoms with Gasteiger partial charge in [-0.25, -0.2) is 0 Å². The monoisotopic (exact) mass is 675 g/mol. The number of hydrogen-bond donors (Lipinski definition) is 2. The van der Waals surface area contributed by atoms with Gasteiger partial charge in [-0.05, 0) is 12.8 Å². The molecule has 1 aliphatic rings. The molecule has 4 nitrogen and oxygen atoms in total. The molecule has 1 heterocycles. The zero-order chi connectivity index (χ0) is 34.4. The Morgan fingerprint density at radius 3 is 1.21 bits per heavy atom. The third kappa shape index (κ3) is 31.0. The number of unbranched alkanes of at least 4 members (excludes halogenated alkanes) is 32. The van der Waals surface area contributed by atoms with E-state index in [9.17, 15) is 4.79 Å². The lowest BCUT2D eigenvalue weighted by molar-refractivity contribution is -0.517. The Kier molecular flexibility index (Phi) is 34.8. The van der Waals surface area contributed by atoms with Crippen molar-refractivity contribution in [2.24, 2.45) is 0 Å². The van der Waals surface area contributed by atoms with Crippen LogP contribution in [0.5, 0.6) is 0 Å². The van der Waals surface area contributed by atoms with E-state index < -0.39 is 0 Å². The fourth-order valence-electron chi connectivity index (χ4n) is 7.52. The molecule has 0 spiro atoms. The molecule has 0 saturated carbocycles. The molecule has 0 bridgehead atoms. The topological polar surface area (TPSA) is 44.1 Å². The molecule has 1 amide bonds. The maximum absolute atomic E-state index is 12.3. The van der Waals surface area contributed by atoms with Gasteiger partial charge in [0, 0.05) is 12.8 Å². The highest BCUT2D eigenvalue weighted by atomic mass is 16.1. The molecule has 0 fully saturated rings. The summed E-state index contributed by atoms with van der Waals surface area (Å²) in [6.45, 7) is 8.47. The average Bonchev–Trinajstić information content (AvgIpc) is 3.54. The van der Waals surface area contributed by atoms with Gasteiger partial charge in [-0.3, -0.25) is 14.7 Å². The van der Waals surface area contributed by atoms with Crippen LogP contribution >= 0.6 is 0 Å². The molecule has 0 atom stereocenters. The summed E-state index contributed by atoms with van der Waals surface area (Å²) >= 11 is 0. The number of hydrogen-bond acceptors (Lipinski definition) is 2. The first-order valence-electron chi connectivity index (χ1n) is 22.4. The van der Waals surface area contributed by atoms with Gasteiger partial charge in [-0.1, -0.05) is 219 Å². The van der Waals surface area contributed by atoms with E-state index in [0.29, 0.717) is 6.42 Å². The van der Waals surface area contributed by atoms with Crippen LogP contribution in [0.15, 0.2) is 0 Å². The summed E-state index contributed by atoms with van der Waals surface area (Å²) < 4.78 is 2.47. The van der Waals surface area contributed by atoms with Crippen molar-refractivity contribution in [2.45, 2.75) is 245 Å². The molecule has 0 radical (unpaired) electrons. The molecular formula is C44H88N3O+. The lowest BCUT2D eigenvalue weighted by Gasteiger charge is -2.07. The van der Waals surface area contributed by atoms with E-state index in [2.05, 4.69) is 29.1 Å². The molecule has 48 heavy (non-hydrogen) atoms. The molecule has 284 valence electrons. The maximum atomic E-state index is 12.3. The Balaban J connectivity index is 1.85. The standard InChI is InChI=1S/C44H87N3O/c1-3-5-7-9-11-13-15-17-19-21-22-23-25-27-29-31-33-35-37-43-45-39-41-47(43)42-40-46-44(48)38-36-34-32-30-28-26-24-20-18-16-14-12-10-8-6-4-2/h3-42H2,1-2H3,(H,46,48)/p+1. The SMILES string of the molecule is CCCCCCCCCCCCCCCCCCCCC1=[N+](CCNC(=O)CCCCCCCCCCCCCCCCCC)CCN1. The summed E-state index contributed by atoms with van der Waals surface area (Å²) in [6, 6.07) is 0. The third-order valence-electron chi connectivity index (χ3n) is 10.8. The van der Waals surface area contributed by atoms with Crippen LogP contribution in [0.4, 0.5) is 0 Å². The van der Waals surface area contributed by atoms with Gasteiger partial charge in [0.25, 0.3) is 0 Å². The number of amides is 1. The molecule has 1 rings (SSSR count). The van der Waals surface area contributed by atoms with E-state index in [4.69, 9.17) is 0 Å². The number of rotatable bonds is 39. The predicted molar refractivity (Wildman–Crippen MR) is 214 cm³/mol. The summed E-state index contributed by atoms with van der Waals surface area (Å²) in [6.07, 6.45) is 49.6. The Labute approximate surface area is 302 Å². The van der Waals surface area contributed by atoms with Gasteiger partial charge >= 0.3 is 0 Å². The first-order valence-corrected chi connectivity index (χ1v) is 22.4. The van der Waals surface area contributed by atoms with Crippen molar-refractivity contribution in [2.75, 3.05) is 26.2 Å². The minimum Gasteiger partial charge on any atom is -0.352 e. The summed E-state index contributed by atoms with van der Waals surface area (Å²) in [4.78, 5) is 12.3. The van der Waals surface area contributed by atoms with Crippen LogP contribution in [0.2, 0.25) is 0 Å². The quantitative estimate of drug-likeness (QED) is 0.0503. The van der Waals surface area contributed by atoms with Crippen LogP contribution in [0.3, 0.4) is 0 Å². The van der Waals surface area contributed by atoms with Crippen molar-refractivity contribution in [1.82, 2.24) is 10.6 Å². The van der Waals surface area contributed by atoms with Gasteiger partial charge in [0.05, 0.1) is 6.54 Å². The summed E-state index contributed by atoms with van der Waals surface area (Å²) in [5.41, 5.74) is 0. The van der Waals surface area contributed by atoms with Gasteiger partial charge < -0.3 is 5.32 Å². The fourth-order valence-corrected chi connectivity index (χ4v) is 7.52. The molecule has 2 N–H and O–H groups in total. The molecule has 1 aliphatic heterocycles. The van der Waals surface area contributed by atoms with Crippen LogP contribution in [0, 0.1) is 0 Å². The highest BCUT2D eigenvalue weighted by Crippen LogP contribution is 2.16. The van der Waals surface area contributed by atoms with Gasteiger partial charge in [0.2, 0.25) is 11.7 Å². The van der Waals surface area contributed by atoms with E-state index in [0.717, 1.165) is 32.6 Å². The smallest absolute Gasteiger partial charge is 0.244 e. The second-order valence-corrected chi connectivity index (χ2v) is 15.5. The zero-order valence-corrected chi connectivity index (χ0v) is 33.1. The lowest BCUT2D eigenvalue weighted by Crippen LogP contribution is -2.32. The van der Waals surface area contributed by atoms with Crippen LogP contribution in [-0.4, -0.2) is 42.5 Å². The number of nitrogens with one attached hydrogen (secondary N) is 2. The van der Waals surface area contributed by atoms with Gasteiger partial charge in [0.15, 0.2) is 0 Å². The maximum Gasteiger partial charge on any atom is 0.244 e. The highest BCUT2D eigenvalue weighted by molar-refractivity contribution is 5.78. The minimum atomic E-state index is 0.248. The Hall–Kier alpha value is -1.06. The van der Waals surface area contributed by atoms with Gasteiger partial charge in [-0.2, -0.15) is 0 Å². The molecule has 0 aromatic heterocycles. The summed E-state index contributed by atoms with van der Waals surface area (Å²) in [5.74, 6) is 1.66. The van der Waals surface area contributed by atoms with Crippen molar-refractivity contribution >= 4 is 11.7 Å². The largest absolute Gasteiger partial charge is 0.352 e. The Morgan fingerprint density at radius 1 is 0.500 bits per heavy atom. The van der Waals surface area contributed by atoms with Crippen LogP contribution < -0.4 is 10.6 Å². The Morgan fingerprint density at radius 2 is 0.833 bits per heavy atom. The van der Waals surface area contributed by atoms with Crippen LogP contribution in [-0.2, 0) is 4.79 Å². The lowest BCUT2D eigenvalue weighted by atomic mass is 10.0. The second-order valence-electron chi connectivity index (χ2n) is 15.5. The average molecular weight is 675 g/mol. The zero-order valence-electron chi connectivity index (χ0n) is 33.1. The van der Waals surface area contributed by atoms with Crippen molar-refractivity contribution < 1.29 is 9.37 Å². The van der Waals surface area contributed by atoms with E-state index >= 15 is 0 Å². The highest BCUT2D eigenvalue weighted by Gasteiger charge is 2.19. The number of nitrogens with zero attached hydrogens (tertiary/aromatic N) is 1. The summed E-state index contributed by atoms with van der Waals surface area (Å²) in [5, 5.41) is 6.80. The normalized spacial score (nSPS) is 13.0. The molecular weight excluding hydrogens is 587 g/mol. The Bertz CT molecular complexity index is 705. The molecule has 0 unspecified atom stereocenters. The first kappa shape index (κ1) is 45.0. The molecule has 4 heteroatoms. The predicted octanol–water partition coefficient (Wildman–Crippen LogP) is 13.2. The van der Waals surface area contributed by atoms with E-state index in [1.54, 1.807) is 0 Å². The molecule has 0 aliphatic carbocycles. The summed E-state index contributed by atoms with van der Waals surface area (Å²) in [7, 11) is 0. The minimum absolute atomic E-state index is 0.248. The van der Waals surface area contributed by atoms with Crippen molar-refractivity contribution in [3.8, 4) is 0 Å². The molecule has 0 saturated heterocycles. The number of carbonyl (C=O) groups is 1. The number of carbonyl (C=O) groups excluding carboxylic acids is 1. The van der Waals surface area contributed by atoms with Gasteiger partial charge in [-0.15, -0.1) is 0 Å². The van der Waals surface area contributed by atoms with E-state index in [1.807, 2.05) is 0 Å². The van der Waals surface area contributed by atoms with Crippen molar-refractivity contribution in [3.63, 3.8) is 0 Å². The van der Waals surface area contributed by atoms with Crippen molar-refractivity contribution in [1.29, 1.82) is 0 Å². The third-order valence-corrected chi connectivity index (χ3v) is 10.8. The van der Waals surface area contributed by atoms with E-state index in [-0.39, 0.29) is 5.91 Å². The van der Waals surface area contributed by atoms with Crippen LogP contribution in [0.1, 0.15) is 245 Å². The molecule has 0 aromatic rings. The van der Waals surface area contributed by atoms with Crippen molar-refractivity contribution in [3.05, 3.63) is 0 Å². The van der Waals surface area contributed by atoms with E-state index in [1.165, 1.54) is 224 Å². The van der Waals surface area contributed by atoms with Gasteiger partial charge in [0.1, 0.15) is 19.6 Å². The fraction of sp³-hybridized carbons (Fsp3) is 0.955. The van der Waals surface area contributed by atoms with Crippen LogP contribution in [0.25, 0.3) is 0 Å². The molecule has 0 aromatic carbocycles. The number of amidine groups is 1.